The molecule has 114 valence electrons. The maximum Gasteiger partial charge on any atom is 0.122 e. The van der Waals surface area contributed by atoms with Gasteiger partial charge in [-0.1, -0.05) is 0 Å². The molecule has 21 heavy (non-hydrogen) atoms. The fraction of sp³-hybridized carbons (Fsp3) is 0.625. The molecule has 1 aromatic rings. The summed E-state index contributed by atoms with van der Waals surface area (Å²) in [5.74, 6) is 0.392. The molecular weight excluding hydrogens is 270 g/mol. The summed E-state index contributed by atoms with van der Waals surface area (Å²) >= 11 is 0. The molecule has 0 aliphatic carbocycles. The van der Waals surface area contributed by atoms with Crippen LogP contribution in [-0.2, 0) is 33.5 Å². The van der Waals surface area contributed by atoms with Gasteiger partial charge in [0.15, 0.2) is 0 Å². The predicted octanol–water partition coefficient (Wildman–Crippen LogP) is 1.11. The van der Waals surface area contributed by atoms with Gasteiger partial charge in [0.2, 0.25) is 0 Å². The van der Waals surface area contributed by atoms with E-state index in [1.807, 2.05) is 6.92 Å². The van der Waals surface area contributed by atoms with E-state index in [1.165, 1.54) is 0 Å². The molecule has 0 radical (unpaired) electrons. The Hall–Kier alpha value is -1.30. The van der Waals surface area contributed by atoms with Crippen molar-refractivity contribution in [3.63, 3.8) is 0 Å². The maximum absolute atomic E-state index is 10.8. The third-order valence-electron chi connectivity index (χ3n) is 4.62. The number of hydrogen-bond acceptors (Lipinski definition) is 5. The van der Waals surface area contributed by atoms with Gasteiger partial charge in [-0.25, -0.2) is 0 Å². The highest BCUT2D eigenvalue weighted by Crippen LogP contribution is 2.40. The molecule has 1 aromatic carbocycles. The Kier molecular flexibility index (Phi) is 3.10. The van der Waals surface area contributed by atoms with Gasteiger partial charge in [0.05, 0.1) is 38.1 Å². The zero-order chi connectivity index (χ0) is 14.6. The lowest BCUT2D eigenvalue weighted by atomic mass is 9.88. The summed E-state index contributed by atoms with van der Waals surface area (Å²) < 4.78 is 16.0. The molecule has 4 rings (SSSR count). The monoisotopic (exact) mass is 291 g/mol. The van der Waals surface area contributed by atoms with Crippen molar-refractivity contribution in [1.29, 1.82) is 0 Å². The average Bonchev–Trinajstić information content (AvgIpc) is 3.31. The molecular formula is C16H21NO4. The lowest BCUT2D eigenvalue weighted by molar-refractivity contribution is 0.390. The molecule has 3 saturated heterocycles. The van der Waals surface area contributed by atoms with E-state index in [0.29, 0.717) is 5.75 Å². The molecule has 3 aliphatic rings. The zero-order valence-corrected chi connectivity index (χ0v) is 12.2. The standard InChI is InChI=1S/C16H21NO4/c1-8-12(2-9-5-19-9)16(18)14(4-11-7-21-11)13(15(8)17)3-10-6-20-10/h9-11,18H,2-7,17H2,1H3. The van der Waals surface area contributed by atoms with Gasteiger partial charge in [-0.05, 0) is 18.1 Å². The van der Waals surface area contributed by atoms with Crippen molar-refractivity contribution in [2.45, 2.75) is 44.5 Å². The predicted molar refractivity (Wildman–Crippen MR) is 77.6 cm³/mol. The first-order valence-electron chi connectivity index (χ1n) is 7.60. The van der Waals surface area contributed by atoms with E-state index >= 15 is 0 Å². The number of aromatic hydroxyl groups is 1. The van der Waals surface area contributed by atoms with Crippen LogP contribution in [-0.4, -0.2) is 43.2 Å². The molecule has 0 aromatic heterocycles. The van der Waals surface area contributed by atoms with Gasteiger partial charge in [-0.2, -0.15) is 0 Å². The molecule has 3 fully saturated rings. The highest BCUT2D eigenvalue weighted by Gasteiger charge is 2.33. The fourth-order valence-corrected chi connectivity index (χ4v) is 3.00. The van der Waals surface area contributed by atoms with Gasteiger partial charge in [-0.3, -0.25) is 0 Å². The molecule has 0 spiro atoms. The highest BCUT2D eigenvalue weighted by atomic mass is 16.6. The van der Waals surface area contributed by atoms with Crippen molar-refractivity contribution in [3.05, 3.63) is 22.3 Å². The van der Waals surface area contributed by atoms with Crippen LogP contribution in [0.15, 0.2) is 0 Å². The largest absolute Gasteiger partial charge is 0.507 e. The lowest BCUT2D eigenvalue weighted by Crippen LogP contribution is -2.12. The smallest absolute Gasteiger partial charge is 0.122 e. The van der Waals surface area contributed by atoms with Crippen molar-refractivity contribution in [1.82, 2.24) is 0 Å². The second-order valence-electron chi connectivity index (χ2n) is 6.30. The van der Waals surface area contributed by atoms with Crippen molar-refractivity contribution >= 4 is 5.69 Å². The quantitative estimate of drug-likeness (QED) is 0.466. The second-order valence-corrected chi connectivity index (χ2v) is 6.30. The van der Waals surface area contributed by atoms with Crippen molar-refractivity contribution in [3.8, 4) is 5.75 Å². The first-order chi connectivity index (χ1) is 10.1. The van der Waals surface area contributed by atoms with Gasteiger partial charge in [0, 0.05) is 36.1 Å². The maximum atomic E-state index is 10.8. The van der Waals surface area contributed by atoms with Crippen LogP contribution in [0.3, 0.4) is 0 Å². The molecule has 3 atom stereocenters. The molecule has 0 saturated carbocycles. The van der Waals surface area contributed by atoms with Crippen LogP contribution in [0.1, 0.15) is 22.3 Å². The lowest BCUT2D eigenvalue weighted by Gasteiger charge is -2.20. The Morgan fingerprint density at radius 2 is 1.33 bits per heavy atom. The number of phenols is 1. The Bertz CT molecular complexity index is 574. The van der Waals surface area contributed by atoms with E-state index in [9.17, 15) is 5.11 Å². The van der Waals surface area contributed by atoms with Gasteiger partial charge < -0.3 is 25.1 Å². The minimum Gasteiger partial charge on any atom is -0.507 e. The Balaban J connectivity index is 1.75. The number of benzene rings is 1. The number of hydrogen-bond donors (Lipinski definition) is 2. The normalized spacial score (nSPS) is 29.5. The number of nitrogens with two attached hydrogens (primary N) is 1. The van der Waals surface area contributed by atoms with E-state index in [1.54, 1.807) is 0 Å². The fourth-order valence-electron chi connectivity index (χ4n) is 3.00. The topological polar surface area (TPSA) is 83.8 Å². The van der Waals surface area contributed by atoms with Crippen molar-refractivity contribution in [2.75, 3.05) is 25.6 Å². The molecule has 0 amide bonds. The average molecular weight is 291 g/mol. The van der Waals surface area contributed by atoms with E-state index in [4.69, 9.17) is 19.9 Å². The van der Waals surface area contributed by atoms with Crippen molar-refractivity contribution in [2.24, 2.45) is 0 Å². The van der Waals surface area contributed by atoms with E-state index in [0.717, 1.165) is 67.0 Å². The van der Waals surface area contributed by atoms with Crippen LogP contribution in [0.25, 0.3) is 0 Å². The molecule has 5 nitrogen and oxygen atoms in total. The van der Waals surface area contributed by atoms with Crippen LogP contribution < -0.4 is 5.73 Å². The molecule has 5 heteroatoms. The molecule has 3 N–H and O–H groups in total. The van der Waals surface area contributed by atoms with Gasteiger partial charge in [0.25, 0.3) is 0 Å². The van der Waals surface area contributed by atoms with E-state index in [-0.39, 0.29) is 18.3 Å². The first-order valence-corrected chi connectivity index (χ1v) is 7.60. The Morgan fingerprint density at radius 1 is 0.905 bits per heavy atom. The van der Waals surface area contributed by atoms with Crippen LogP contribution in [0.5, 0.6) is 5.75 Å². The van der Waals surface area contributed by atoms with E-state index < -0.39 is 0 Å². The minimum atomic E-state index is 0.224. The summed E-state index contributed by atoms with van der Waals surface area (Å²) in [4.78, 5) is 0. The van der Waals surface area contributed by atoms with Crippen LogP contribution in [0.4, 0.5) is 5.69 Å². The summed E-state index contributed by atoms with van der Waals surface area (Å²) in [6, 6.07) is 0. The number of rotatable bonds is 6. The number of nitrogen functional groups attached to an aromatic ring is 1. The van der Waals surface area contributed by atoms with Gasteiger partial charge in [-0.15, -0.1) is 0 Å². The van der Waals surface area contributed by atoms with Crippen LogP contribution in [0, 0.1) is 6.92 Å². The third-order valence-corrected chi connectivity index (χ3v) is 4.62. The number of phenolic OH excluding ortho intramolecular Hbond substituents is 1. The summed E-state index contributed by atoms with van der Waals surface area (Å²) in [6.07, 6.45) is 2.96. The highest BCUT2D eigenvalue weighted by molar-refractivity contribution is 5.66. The number of epoxide rings is 3. The van der Waals surface area contributed by atoms with Gasteiger partial charge >= 0.3 is 0 Å². The van der Waals surface area contributed by atoms with Crippen molar-refractivity contribution < 1.29 is 19.3 Å². The minimum absolute atomic E-state index is 0.224. The van der Waals surface area contributed by atoms with Crippen LogP contribution >= 0.6 is 0 Å². The second kappa shape index (κ2) is 4.87. The summed E-state index contributed by atoms with van der Waals surface area (Å²) in [5, 5.41) is 10.8. The zero-order valence-electron chi connectivity index (χ0n) is 12.2. The molecule has 3 heterocycles. The molecule has 3 aliphatic heterocycles. The summed E-state index contributed by atoms with van der Waals surface area (Å²) in [6.45, 7) is 4.32. The SMILES string of the molecule is Cc1c(N)c(CC2CO2)c(CC2CO2)c(O)c1CC1CO1. The van der Waals surface area contributed by atoms with E-state index in [2.05, 4.69) is 0 Å². The third kappa shape index (κ3) is 2.73. The number of anilines is 1. The summed E-state index contributed by atoms with van der Waals surface area (Å²) in [5.41, 5.74) is 11.1. The summed E-state index contributed by atoms with van der Waals surface area (Å²) in [7, 11) is 0. The first kappa shape index (κ1) is 13.4. The molecule has 3 unspecified atom stereocenters. The Labute approximate surface area is 124 Å². The number of ether oxygens (including phenoxy) is 3. The Morgan fingerprint density at radius 3 is 1.81 bits per heavy atom. The molecule has 0 bridgehead atoms. The van der Waals surface area contributed by atoms with Crippen LogP contribution in [0.2, 0.25) is 0 Å². The van der Waals surface area contributed by atoms with Gasteiger partial charge in [0.1, 0.15) is 5.75 Å².